The number of amides is 4. The van der Waals surface area contributed by atoms with Gasteiger partial charge in [0.25, 0.3) is 5.91 Å². The van der Waals surface area contributed by atoms with Crippen molar-refractivity contribution >= 4 is 29.2 Å². The minimum atomic E-state index is -1.10. The molecule has 1 N–H and O–H groups in total. The Hall–Kier alpha value is -2.74. The van der Waals surface area contributed by atoms with Crippen LogP contribution in [0.2, 0.25) is 0 Å². The number of carbonyl (C=O) groups excluding carboxylic acids is 3. The zero-order valence-electron chi connectivity index (χ0n) is 17.4. The average molecular weight is 415 g/mol. The van der Waals surface area contributed by atoms with E-state index < -0.39 is 11.6 Å². The van der Waals surface area contributed by atoms with Crippen molar-refractivity contribution in [1.29, 1.82) is 0 Å². The van der Waals surface area contributed by atoms with Crippen LogP contribution in [0, 0.1) is 0 Å². The fourth-order valence-electron chi connectivity index (χ4n) is 3.19. The summed E-state index contributed by atoms with van der Waals surface area (Å²) in [7, 11) is 3.39. The summed E-state index contributed by atoms with van der Waals surface area (Å²) in [6.45, 7) is 6.02. The predicted molar refractivity (Wildman–Crippen MR) is 111 cm³/mol. The second kappa shape index (κ2) is 7.94. The van der Waals surface area contributed by atoms with E-state index in [1.165, 1.54) is 26.7 Å². The molecule has 7 nitrogen and oxygen atoms in total. The Bertz CT molecular complexity index is 936. The number of benzene rings is 1. The van der Waals surface area contributed by atoms with Crippen LogP contribution in [0.15, 0.2) is 29.6 Å². The first-order chi connectivity index (χ1) is 13.6. The van der Waals surface area contributed by atoms with Gasteiger partial charge in [-0.3, -0.25) is 14.5 Å². The number of aromatic nitrogens is 1. The summed E-state index contributed by atoms with van der Waals surface area (Å²) < 4.78 is 0. The highest BCUT2D eigenvalue weighted by Gasteiger charge is 2.49. The molecule has 0 aliphatic carbocycles. The third-order valence-electron chi connectivity index (χ3n) is 5.15. The van der Waals surface area contributed by atoms with Gasteiger partial charge in [-0.2, -0.15) is 0 Å². The average Bonchev–Trinajstić information content (AvgIpc) is 3.20. The maximum absolute atomic E-state index is 13.1. The first-order valence-electron chi connectivity index (χ1n) is 9.49. The highest BCUT2D eigenvalue weighted by atomic mass is 32.1. The van der Waals surface area contributed by atoms with Crippen molar-refractivity contribution in [2.75, 3.05) is 14.1 Å². The molecule has 1 aliphatic rings. The molecule has 1 fully saturated rings. The number of thiazole rings is 1. The number of nitrogens with zero attached hydrogens (tertiary/aromatic N) is 3. The Morgan fingerprint density at radius 1 is 1.24 bits per heavy atom. The molecule has 1 aromatic heterocycles. The fourth-order valence-corrected chi connectivity index (χ4v) is 3.97. The lowest BCUT2D eigenvalue weighted by Crippen LogP contribution is -2.40. The number of hydrogen-bond donors (Lipinski definition) is 1. The van der Waals surface area contributed by atoms with Gasteiger partial charge in [0, 0.05) is 19.5 Å². The third-order valence-corrected chi connectivity index (χ3v) is 6.05. The van der Waals surface area contributed by atoms with Crippen molar-refractivity contribution in [3.8, 4) is 0 Å². The Morgan fingerprint density at radius 3 is 2.48 bits per heavy atom. The largest absolute Gasteiger partial charge is 0.348 e. The Labute approximate surface area is 174 Å². The van der Waals surface area contributed by atoms with Crippen LogP contribution in [0.4, 0.5) is 4.79 Å². The predicted octanol–water partition coefficient (Wildman–Crippen LogP) is 2.86. The lowest BCUT2D eigenvalue weighted by molar-refractivity contribution is -0.131. The molecule has 154 valence electrons. The van der Waals surface area contributed by atoms with E-state index in [9.17, 15) is 14.4 Å². The van der Waals surface area contributed by atoms with Gasteiger partial charge in [0.05, 0.1) is 18.7 Å². The fraction of sp³-hybridized carbons (Fsp3) is 0.429. The van der Waals surface area contributed by atoms with Crippen LogP contribution < -0.4 is 5.32 Å². The van der Waals surface area contributed by atoms with Crippen LogP contribution >= 0.6 is 11.3 Å². The molecule has 8 heteroatoms. The molecule has 0 radical (unpaired) electrons. The van der Waals surface area contributed by atoms with Gasteiger partial charge in [-0.25, -0.2) is 9.78 Å². The Balaban J connectivity index is 1.75. The highest BCUT2D eigenvalue weighted by Crippen LogP contribution is 2.31. The zero-order valence-corrected chi connectivity index (χ0v) is 18.2. The van der Waals surface area contributed by atoms with Gasteiger partial charge in [0.15, 0.2) is 0 Å². The van der Waals surface area contributed by atoms with Gasteiger partial charge < -0.3 is 10.2 Å². The van der Waals surface area contributed by atoms with Gasteiger partial charge in [-0.1, -0.05) is 38.1 Å². The lowest BCUT2D eigenvalue weighted by atomic mass is 9.90. The van der Waals surface area contributed by atoms with Crippen LogP contribution in [-0.4, -0.2) is 46.7 Å². The van der Waals surface area contributed by atoms with Crippen LogP contribution in [0.25, 0.3) is 0 Å². The number of likely N-dealkylation sites (N-methyl/N-ethyl adjacent to an activating group) is 1. The number of carbonyl (C=O) groups is 3. The molecule has 0 bridgehead atoms. The monoisotopic (exact) mass is 414 g/mol. The second-order valence-corrected chi connectivity index (χ2v) is 8.86. The molecule has 1 saturated heterocycles. The molecule has 0 spiro atoms. The van der Waals surface area contributed by atoms with Crippen LogP contribution in [0.3, 0.4) is 0 Å². The molecule has 3 rings (SSSR count). The van der Waals surface area contributed by atoms with Gasteiger partial charge in [0.2, 0.25) is 5.91 Å². The van der Waals surface area contributed by atoms with E-state index in [4.69, 9.17) is 0 Å². The first-order valence-corrected chi connectivity index (χ1v) is 10.4. The maximum atomic E-state index is 13.1. The first kappa shape index (κ1) is 21.0. The van der Waals surface area contributed by atoms with E-state index in [0.717, 1.165) is 5.56 Å². The SMILES string of the molecule is CC(C)c1ccc(C2(C)NC(=O)N(Cc3csc(CC(=O)N(C)C)n3)C2=O)cc1. The zero-order chi connectivity index (χ0) is 21.3. The number of nitrogens with one attached hydrogen (secondary N) is 1. The molecular weight excluding hydrogens is 388 g/mol. The van der Waals surface area contributed by atoms with E-state index >= 15 is 0 Å². The van der Waals surface area contributed by atoms with Crippen LogP contribution in [-0.2, 0) is 28.1 Å². The topological polar surface area (TPSA) is 82.6 Å². The summed E-state index contributed by atoms with van der Waals surface area (Å²) in [6, 6.07) is 7.32. The molecule has 2 aromatic rings. The van der Waals surface area contributed by atoms with Gasteiger partial charge in [-0.15, -0.1) is 11.3 Å². The van der Waals surface area contributed by atoms with Crippen molar-refractivity contribution in [1.82, 2.24) is 20.1 Å². The van der Waals surface area contributed by atoms with E-state index in [2.05, 4.69) is 24.1 Å². The van der Waals surface area contributed by atoms with E-state index in [1.807, 2.05) is 24.3 Å². The van der Waals surface area contributed by atoms with E-state index in [-0.39, 0.29) is 24.8 Å². The summed E-state index contributed by atoms with van der Waals surface area (Å²) in [6.07, 6.45) is 0.206. The Morgan fingerprint density at radius 2 is 1.90 bits per heavy atom. The summed E-state index contributed by atoms with van der Waals surface area (Å²) in [5.74, 6) is 0.0393. The summed E-state index contributed by atoms with van der Waals surface area (Å²) in [4.78, 5) is 44.6. The molecule has 0 saturated carbocycles. The minimum absolute atomic E-state index is 0.0432. The van der Waals surface area contributed by atoms with E-state index in [0.29, 0.717) is 16.6 Å². The molecule has 29 heavy (non-hydrogen) atoms. The Kier molecular flexibility index (Phi) is 5.75. The van der Waals surface area contributed by atoms with Crippen molar-refractivity contribution in [3.05, 3.63) is 51.5 Å². The van der Waals surface area contributed by atoms with E-state index in [1.54, 1.807) is 26.4 Å². The smallest absolute Gasteiger partial charge is 0.325 e. The van der Waals surface area contributed by atoms with Gasteiger partial charge in [-0.05, 0) is 24.0 Å². The quantitative estimate of drug-likeness (QED) is 0.737. The normalized spacial score (nSPS) is 19.0. The molecule has 4 amide bonds. The highest BCUT2D eigenvalue weighted by molar-refractivity contribution is 7.09. The van der Waals surface area contributed by atoms with Crippen LogP contribution in [0.5, 0.6) is 0 Å². The molecular formula is C21H26N4O3S. The van der Waals surface area contributed by atoms with Crippen LogP contribution in [0.1, 0.15) is 48.5 Å². The number of rotatable bonds is 6. The van der Waals surface area contributed by atoms with Crippen molar-refractivity contribution in [2.45, 2.75) is 45.2 Å². The van der Waals surface area contributed by atoms with Gasteiger partial charge >= 0.3 is 6.03 Å². The van der Waals surface area contributed by atoms with Crippen molar-refractivity contribution in [3.63, 3.8) is 0 Å². The second-order valence-electron chi connectivity index (χ2n) is 7.92. The number of hydrogen-bond acceptors (Lipinski definition) is 5. The van der Waals surface area contributed by atoms with Crippen molar-refractivity contribution < 1.29 is 14.4 Å². The molecule has 1 aromatic carbocycles. The van der Waals surface area contributed by atoms with Crippen molar-refractivity contribution in [2.24, 2.45) is 0 Å². The molecule has 2 heterocycles. The summed E-state index contributed by atoms with van der Waals surface area (Å²) >= 11 is 1.35. The maximum Gasteiger partial charge on any atom is 0.325 e. The summed E-state index contributed by atoms with van der Waals surface area (Å²) in [5.41, 5.74) is 1.41. The third kappa shape index (κ3) is 4.17. The molecule has 1 aliphatic heterocycles. The number of imide groups is 1. The number of urea groups is 1. The molecule has 1 unspecified atom stereocenters. The lowest BCUT2D eigenvalue weighted by Gasteiger charge is -2.22. The standard InChI is InChI=1S/C21H26N4O3S/c1-13(2)14-6-8-15(9-7-14)21(3)19(27)25(20(28)23-21)11-16-12-29-17(22-16)10-18(26)24(4)5/h6-9,12-13H,10-11H2,1-5H3,(H,23,28). The van der Waals surface area contributed by atoms with Gasteiger partial charge in [0.1, 0.15) is 10.5 Å². The summed E-state index contributed by atoms with van der Waals surface area (Å²) in [5, 5.41) is 5.27. The molecule has 1 atom stereocenters. The minimum Gasteiger partial charge on any atom is -0.348 e.